The first-order chi connectivity index (χ1) is 14.1. The highest BCUT2D eigenvalue weighted by atomic mass is 35.5. The molecule has 0 aromatic heterocycles. The lowest BCUT2D eigenvalue weighted by atomic mass is 10.0. The minimum Gasteiger partial charge on any atom is -0.489 e. The molecule has 2 nitrogen and oxygen atoms in total. The number of anilines is 1. The topological polar surface area (TPSA) is 21.3 Å². The number of nitrogens with one attached hydrogen (secondary N) is 1. The Morgan fingerprint density at radius 3 is 2.48 bits per heavy atom. The number of halogens is 2. The number of hydrogen-bond donors (Lipinski definition) is 1. The third-order valence-corrected chi connectivity index (χ3v) is 5.58. The van der Waals surface area contributed by atoms with Gasteiger partial charge in [0.25, 0.3) is 0 Å². The van der Waals surface area contributed by atoms with Crippen molar-refractivity contribution in [1.29, 1.82) is 0 Å². The molecule has 0 aliphatic carbocycles. The standard InChI is InChI=1S/C25H21Cl2NO/c1-17-6-2-3-8-19(17)16-29-25-13-10-18-7-4-5-9-21(18)22(25)15-28-24-12-11-20(26)14-23(24)27/h2-14,28H,15-16H2,1H3. The van der Waals surface area contributed by atoms with E-state index in [0.29, 0.717) is 23.2 Å². The maximum atomic E-state index is 6.33. The van der Waals surface area contributed by atoms with Crippen molar-refractivity contribution in [1.82, 2.24) is 0 Å². The molecule has 1 N–H and O–H groups in total. The first-order valence-electron chi connectivity index (χ1n) is 9.48. The number of ether oxygens (including phenoxy) is 1. The van der Waals surface area contributed by atoms with E-state index in [9.17, 15) is 0 Å². The highest BCUT2D eigenvalue weighted by molar-refractivity contribution is 6.36. The Labute approximate surface area is 181 Å². The van der Waals surface area contributed by atoms with Crippen molar-refractivity contribution in [2.45, 2.75) is 20.1 Å². The van der Waals surface area contributed by atoms with E-state index in [2.05, 4.69) is 42.6 Å². The maximum absolute atomic E-state index is 6.33. The molecular formula is C25H21Cl2NO. The van der Waals surface area contributed by atoms with E-state index in [1.54, 1.807) is 6.07 Å². The van der Waals surface area contributed by atoms with Crippen LogP contribution in [-0.2, 0) is 13.2 Å². The summed E-state index contributed by atoms with van der Waals surface area (Å²) in [4.78, 5) is 0. The summed E-state index contributed by atoms with van der Waals surface area (Å²) >= 11 is 12.4. The van der Waals surface area contributed by atoms with Crippen LogP contribution in [0.2, 0.25) is 10.0 Å². The van der Waals surface area contributed by atoms with E-state index < -0.39 is 0 Å². The Kier molecular flexibility index (Phi) is 5.94. The lowest BCUT2D eigenvalue weighted by molar-refractivity contribution is 0.303. The monoisotopic (exact) mass is 421 g/mol. The minimum absolute atomic E-state index is 0.527. The van der Waals surface area contributed by atoms with Gasteiger partial charge in [-0.25, -0.2) is 0 Å². The zero-order valence-electron chi connectivity index (χ0n) is 16.1. The van der Waals surface area contributed by atoms with Gasteiger partial charge in [-0.1, -0.05) is 77.8 Å². The molecule has 4 heteroatoms. The minimum atomic E-state index is 0.527. The van der Waals surface area contributed by atoms with Crippen LogP contribution < -0.4 is 10.1 Å². The predicted octanol–water partition coefficient (Wildman–Crippen LogP) is 7.65. The molecule has 0 heterocycles. The Morgan fingerprint density at radius 2 is 1.66 bits per heavy atom. The summed E-state index contributed by atoms with van der Waals surface area (Å²) in [5, 5.41) is 6.98. The van der Waals surface area contributed by atoms with Crippen molar-refractivity contribution < 1.29 is 4.74 Å². The van der Waals surface area contributed by atoms with Crippen molar-refractivity contribution in [3.8, 4) is 5.75 Å². The molecule has 0 saturated carbocycles. The average molecular weight is 422 g/mol. The number of benzene rings is 4. The molecule has 0 atom stereocenters. The molecule has 4 rings (SSSR count). The normalized spacial score (nSPS) is 10.9. The Hall–Kier alpha value is -2.68. The Bertz CT molecular complexity index is 1160. The van der Waals surface area contributed by atoms with Crippen molar-refractivity contribution in [3.63, 3.8) is 0 Å². The largest absolute Gasteiger partial charge is 0.489 e. The van der Waals surface area contributed by atoms with Gasteiger partial charge in [0, 0.05) is 17.1 Å². The molecule has 0 saturated heterocycles. The van der Waals surface area contributed by atoms with Crippen LogP contribution in [-0.4, -0.2) is 0 Å². The van der Waals surface area contributed by atoms with Crippen LogP contribution >= 0.6 is 23.2 Å². The number of rotatable bonds is 6. The molecule has 146 valence electrons. The summed E-state index contributed by atoms with van der Waals surface area (Å²) in [5.41, 5.74) is 4.35. The van der Waals surface area contributed by atoms with Crippen molar-refractivity contribution >= 4 is 39.7 Å². The molecule has 0 aliphatic rings. The molecule has 0 unspecified atom stereocenters. The lowest BCUT2D eigenvalue weighted by Gasteiger charge is -2.17. The van der Waals surface area contributed by atoms with E-state index in [4.69, 9.17) is 27.9 Å². The molecule has 0 radical (unpaired) electrons. The van der Waals surface area contributed by atoms with Crippen LogP contribution in [0, 0.1) is 6.92 Å². The van der Waals surface area contributed by atoms with Gasteiger partial charge in [0.2, 0.25) is 0 Å². The van der Waals surface area contributed by atoms with Gasteiger partial charge in [0.1, 0.15) is 12.4 Å². The molecule has 0 amide bonds. The van der Waals surface area contributed by atoms with Crippen molar-refractivity contribution in [2.75, 3.05) is 5.32 Å². The van der Waals surface area contributed by atoms with E-state index in [1.807, 2.05) is 42.5 Å². The van der Waals surface area contributed by atoms with E-state index in [-0.39, 0.29) is 0 Å². The average Bonchev–Trinajstić information content (AvgIpc) is 2.73. The molecule has 29 heavy (non-hydrogen) atoms. The molecule has 0 bridgehead atoms. The third kappa shape index (κ3) is 4.50. The zero-order valence-corrected chi connectivity index (χ0v) is 17.6. The zero-order chi connectivity index (χ0) is 20.2. The SMILES string of the molecule is Cc1ccccc1COc1ccc2ccccc2c1CNc1ccc(Cl)cc1Cl. The van der Waals surface area contributed by atoms with E-state index >= 15 is 0 Å². The van der Waals surface area contributed by atoms with Gasteiger partial charge < -0.3 is 10.1 Å². The van der Waals surface area contributed by atoms with E-state index in [1.165, 1.54) is 16.5 Å². The fourth-order valence-electron chi connectivity index (χ4n) is 3.38. The van der Waals surface area contributed by atoms with E-state index in [0.717, 1.165) is 22.4 Å². The lowest BCUT2D eigenvalue weighted by Crippen LogP contribution is -2.05. The molecule has 0 fully saturated rings. The van der Waals surface area contributed by atoms with Gasteiger partial charge >= 0.3 is 0 Å². The van der Waals surface area contributed by atoms with Crippen LogP contribution in [0.1, 0.15) is 16.7 Å². The Balaban J connectivity index is 1.64. The highest BCUT2D eigenvalue weighted by Gasteiger charge is 2.11. The van der Waals surface area contributed by atoms with Crippen LogP contribution in [0.4, 0.5) is 5.69 Å². The highest BCUT2D eigenvalue weighted by Crippen LogP contribution is 2.31. The van der Waals surface area contributed by atoms with Crippen molar-refractivity contribution in [3.05, 3.63) is 106 Å². The first-order valence-corrected chi connectivity index (χ1v) is 10.2. The third-order valence-electron chi connectivity index (χ3n) is 5.03. The fourth-order valence-corrected chi connectivity index (χ4v) is 3.85. The number of aryl methyl sites for hydroxylation is 1. The van der Waals surface area contributed by atoms with Gasteiger partial charge in [-0.15, -0.1) is 0 Å². The summed E-state index contributed by atoms with van der Waals surface area (Å²) in [7, 11) is 0. The Morgan fingerprint density at radius 1 is 0.862 bits per heavy atom. The van der Waals surface area contributed by atoms with Gasteiger partial charge in [0.05, 0.1) is 10.7 Å². The second-order valence-corrected chi connectivity index (χ2v) is 7.80. The fraction of sp³-hybridized carbons (Fsp3) is 0.120. The maximum Gasteiger partial charge on any atom is 0.125 e. The van der Waals surface area contributed by atoms with Crippen LogP contribution in [0.25, 0.3) is 10.8 Å². The second-order valence-electron chi connectivity index (χ2n) is 6.96. The van der Waals surface area contributed by atoms with Gasteiger partial charge in [-0.3, -0.25) is 0 Å². The van der Waals surface area contributed by atoms with Gasteiger partial charge in [-0.05, 0) is 53.1 Å². The first kappa shape index (κ1) is 19.6. The van der Waals surface area contributed by atoms with Crippen LogP contribution in [0.3, 0.4) is 0 Å². The predicted molar refractivity (Wildman–Crippen MR) is 123 cm³/mol. The van der Waals surface area contributed by atoms with Crippen molar-refractivity contribution in [2.24, 2.45) is 0 Å². The van der Waals surface area contributed by atoms with Crippen LogP contribution in [0.5, 0.6) is 5.75 Å². The summed E-state index contributed by atoms with van der Waals surface area (Å²) in [6.45, 7) is 3.22. The van der Waals surface area contributed by atoms with Gasteiger partial charge in [0.15, 0.2) is 0 Å². The second kappa shape index (κ2) is 8.77. The molecule has 4 aromatic rings. The number of hydrogen-bond acceptors (Lipinski definition) is 2. The van der Waals surface area contributed by atoms with Gasteiger partial charge in [-0.2, -0.15) is 0 Å². The molecule has 4 aromatic carbocycles. The summed E-state index contributed by atoms with van der Waals surface area (Å²) in [6, 6.07) is 26.2. The summed E-state index contributed by atoms with van der Waals surface area (Å²) < 4.78 is 6.26. The smallest absolute Gasteiger partial charge is 0.125 e. The number of fused-ring (bicyclic) bond motifs is 1. The molecule has 0 aliphatic heterocycles. The van der Waals surface area contributed by atoms with Crippen LogP contribution in [0.15, 0.2) is 78.9 Å². The quantitative estimate of drug-likeness (QED) is 0.345. The summed E-state index contributed by atoms with van der Waals surface area (Å²) in [6.07, 6.45) is 0. The summed E-state index contributed by atoms with van der Waals surface area (Å²) in [5.74, 6) is 0.865. The molecular weight excluding hydrogens is 401 g/mol. The molecule has 0 spiro atoms.